The van der Waals surface area contributed by atoms with Gasteiger partial charge in [-0.15, -0.1) is 0 Å². The monoisotopic (exact) mass is 237 g/mol. The van der Waals surface area contributed by atoms with E-state index >= 15 is 0 Å². The average molecular weight is 237 g/mol. The van der Waals surface area contributed by atoms with Crippen LogP contribution < -0.4 is 10.1 Å². The van der Waals surface area contributed by atoms with Crippen LogP contribution in [0.1, 0.15) is 24.8 Å². The summed E-state index contributed by atoms with van der Waals surface area (Å²) in [5.74, 6) is -0.00200. The van der Waals surface area contributed by atoms with Gasteiger partial charge in [-0.25, -0.2) is 4.39 Å². The number of carbonyl (C=O) groups excluding carboxylic acids is 1. The zero-order chi connectivity index (χ0) is 12.3. The Balaban J connectivity index is 2.13. The Morgan fingerprint density at radius 2 is 2.24 bits per heavy atom. The molecule has 2 rings (SSSR count). The van der Waals surface area contributed by atoms with E-state index in [4.69, 9.17) is 4.74 Å². The highest BCUT2D eigenvalue weighted by atomic mass is 19.1. The van der Waals surface area contributed by atoms with Crippen molar-refractivity contribution in [3.8, 4) is 5.75 Å². The normalized spacial score (nSPS) is 20.6. The molecule has 0 bridgehead atoms. The molecule has 1 unspecified atom stereocenters. The third-order valence-corrected chi connectivity index (χ3v) is 2.90. The lowest BCUT2D eigenvalue weighted by molar-refractivity contribution is -0.127. The van der Waals surface area contributed by atoms with Gasteiger partial charge < -0.3 is 10.1 Å². The molecule has 4 heteroatoms. The number of ether oxygens (including phenoxy) is 1. The number of hydrogen-bond acceptors (Lipinski definition) is 2. The summed E-state index contributed by atoms with van der Waals surface area (Å²) < 4.78 is 18.7. The summed E-state index contributed by atoms with van der Waals surface area (Å²) in [6.07, 6.45) is 2.09. The number of nitrogens with one attached hydrogen (secondary N) is 1. The lowest BCUT2D eigenvalue weighted by atomic mass is 10.1. The molecule has 0 spiro atoms. The Kier molecular flexibility index (Phi) is 3.61. The molecule has 0 aromatic heterocycles. The SMILES string of the molecule is Cc1ccc(F)cc1OC1CCCCNC1=O. The molecule has 92 valence electrons. The van der Waals surface area contributed by atoms with Crippen molar-refractivity contribution in [1.29, 1.82) is 0 Å². The highest BCUT2D eigenvalue weighted by Crippen LogP contribution is 2.22. The van der Waals surface area contributed by atoms with Crippen molar-refractivity contribution in [2.75, 3.05) is 6.54 Å². The summed E-state index contributed by atoms with van der Waals surface area (Å²) in [5.41, 5.74) is 0.837. The summed E-state index contributed by atoms with van der Waals surface area (Å²) in [6, 6.07) is 4.36. The molecule has 1 atom stereocenters. The zero-order valence-electron chi connectivity index (χ0n) is 9.83. The molecule has 1 saturated heterocycles. The van der Waals surface area contributed by atoms with Gasteiger partial charge in [0.25, 0.3) is 5.91 Å². The molecular formula is C13H16FNO2. The molecule has 1 N–H and O–H groups in total. The fraction of sp³-hybridized carbons (Fsp3) is 0.462. The van der Waals surface area contributed by atoms with Crippen LogP contribution in [0.15, 0.2) is 18.2 Å². The molecule has 1 heterocycles. The number of hydrogen-bond donors (Lipinski definition) is 1. The lowest BCUT2D eigenvalue weighted by Gasteiger charge is -2.17. The molecule has 0 aliphatic carbocycles. The van der Waals surface area contributed by atoms with Gasteiger partial charge in [0.1, 0.15) is 11.6 Å². The Morgan fingerprint density at radius 1 is 1.41 bits per heavy atom. The second kappa shape index (κ2) is 5.17. The maximum atomic E-state index is 13.1. The van der Waals surface area contributed by atoms with Gasteiger partial charge >= 0.3 is 0 Å². The van der Waals surface area contributed by atoms with Crippen LogP contribution in [0.25, 0.3) is 0 Å². The molecule has 0 radical (unpaired) electrons. The minimum Gasteiger partial charge on any atom is -0.480 e. The van der Waals surface area contributed by atoms with Gasteiger partial charge in [-0.3, -0.25) is 4.79 Å². The first-order valence-corrected chi connectivity index (χ1v) is 5.87. The summed E-state index contributed by atoms with van der Waals surface area (Å²) in [4.78, 5) is 11.7. The summed E-state index contributed by atoms with van der Waals surface area (Å²) in [5, 5.41) is 2.79. The van der Waals surface area contributed by atoms with Crippen LogP contribution in [0.2, 0.25) is 0 Å². The van der Waals surface area contributed by atoms with Gasteiger partial charge in [-0.2, -0.15) is 0 Å². The van der Waals surface area contributed by atoms with Crippen LogP contribution in [0.4, 0.5) is 4.39 Å². The molecular weight excluding hydrogens is 221 g/mol. The van der Waals surface area contributed by atoms with Gasteiger partial charge in [0.15, 0.2) is 6.10 Å². The van der Waals surface area contributed by atoms with E-state index in [1.54, 1.807) is 6.07 Å². The van der Waals surface area contributed by atoms with Gasteiger partial charge in [0, 0.05) is 12.6 Å². The number of benzene rings is 1. The second-order valence-corrected chi connectivity index (χ2v) is 4.30. The minimum absolute atomic E-state index is 0.105. The van der Waals surface area contributed by atoms with E-state index in [-0.39, 0.29) is 11.7 Å². The van der Waals surface area contributed by atoms with E-state index < -0.39 is 6.10 Å². The number of halogens is 1. The number of amides is 1. The smallest absolute Gasteiger partial charge is 0.261 e. The maximum Gasteiger partial charge on any atom is 0.261 e. The van der Waals surface area contributed by atoms with E-state index in [0.717, 1.165) is 18.4 Å². The van der Waals surface area contributed by atoms with E-state index in [1.165, 1.54) is 12.1 Å². The fourth-order valence-electron chi connectivity index (χ4n) is 1.88. The van der Waals surface area contributed by atoms with E-state index in [9.17, 15) is 9.18 Å². The van der Waals surface area contributed by atoms with Crippen LogP contribution >= 0.6 is 0 Å². The van der Waals surface area contributed by atoms with Crippen molar-refractivity contribution in [1.82, 2.24) is 5.32 Å². The van der Waals surface area contributed by atoms with Crippen molar-refractivity contribution in [2.45, 2.75) is 32.3 Å². The highest BCUT2D eigenvalue weighted by molar-refractivity contribution is 5.81. The molecule has 1 aromatic carbocycles. The van der Waals surface area contributed by atoms with Crippen molar-refractivity contribution in [3.63, 3.8) is 0 Å². The second-order valence-electron chi connectivity index (χ2n) is 4.30. The number of carbonyl (C=O) groups is 1. The predicted octanol–water partition coefficient (Wildman–Crippen LogP) is 2.18. The first-order valence-electron chi connectivity index (χ1n) is 5.87. The largest absolute Gasteiger partial charge is 0.480 e. The first kappa shape index (κ1) is 11.9. The van der Waals surface area contributed by atoms with Crippen molar-refractivity contribution >= 4 is 5.91 Å². The quantitative estimate of drug-likeness (QED) is 0.856. The summed E-state index contributed by atoms with van der Waals surface area (Å²) in [7, 11) is 0. The van der Waals surface area contributed by atoms with Gasteiger partial charge in [-0.1, -0.05) is 6.07 Å². The molecule has 0 saturated carbocycles. The molecule has 3 nitrogen and oxygen atoms in total. The molecule has 1 fully saturated rings. The van der Waals surface area contributed by atoms with Crippen molar-refractivity contribution in [3.05, 3.63) is 29.6 Å². The van der Waals surface area contributed by atoms with Crippen LogP contribution in [0, 0.1) is 12.7 Å². The van der Waals surface area contributed by atoms with Crippen LogP contribution in [-0.2, 0) is 4.79 Å². The average Bonchev–Trinajstić information content (AvgIpc) is 2.50. The molecule has 1 aliphatic heterocycles. The molecule has 1 amide bonds. The Bertz CT molecular complexity index is 420. The lowest BCUT2D eigenvalue weighted by Crippen LogP contribution is -2.36. The topological polar surface area (TPSA) is 38.3 Å². The maximum absolute atomic E-state index is 13.1. The highest BCUT2D eigenvalue weighted by Gasteiger charge is 2.22. The zero-order valence-corrected chi connectivity index (χ0v) is 9.83. The third-order valence-electron chi connectivity index (χ3n) is 2.90. The summed E-state index contributed by atoms with van der Waals surface area (Å²) in [6.45, 7) is 2.53. The molecule has 1 aliphatic rings. The van der Waals surface area contributed by atoms with Crippen molar-refractivity contribution in [2.24, 2.45) is 0 Å². The van der Waals surface area contributed by atoms with E-state index in [0.29, 0.717) is 18.7 Å². The van der Waals surface area contributed by atoms with Gasteiger partial charge in [0.2, 0.25) is 0 Å². The standard InChI is InChI=1S/C13H16FNO2/c1-9-5-6-10(14)8-12(9)17-11-4-2-3-7-15-13(11)16/h5-6,8,11H,2-4,7H2,1H3,(H,15,16). The Hall–Kier alpha value is -1.58. The van der Waals surface area contributed by atoms with Gasteiger partial charge in [0.05, 0.1) is 0 Å². The van der Waals surface area contributed by atoms with Crippen molar-refractivity contribution < 1.29 is 13.9 Å². The van der Waals surface area contributed by atoms with Gasteiger partial charge in [-0.05, 0) is 37.8 Å². The molecule has 1 aromatic rings. The predicted molar refractivity (Wildman–Crippen MR) is 62.4 cm³/mol. The first-order chi connectivity index (χ1) is 8.16. The number of rotatable bonds is 2. The molecule has 17 heavy (non-hydrogen) atoms. The Labute approximate surface area is 100.0 Å². The van der Waals surface area contributed by atoms with Crippen LogP contribution in [-0.4, -0.2) is 18.6 Å². The van der Waals surface area contributed by atoms with E-state index in [1.807, 2.05) is 6.92 Å². The fourth-order valence-corrected chi connectivity index (χ4v) is 1.88. The van der Waals surface area contributed by atoms with Crippen LogP contribution in [0.5, 0.6) is 5.75 Å². The third kappa shape index (κ3) is 2.96. The summed E-state index contributed by atoms with van der Waals surface area (Å²) >= 11 is 0. The number of aryl methyl sites for hydroxylation is 1. The minimum atomic E-state index is -0.502. The van der Waals surface area contributed by atoms with Crippen LogP contribution in [0.3, 0.4) is 0 Å². The Morgan fingerprint density at radius 3 is 3.06 bits per heavy atom. The van der Waals surface area contributed by atoms with E-state index in [2.05, 4.69) is 5.32 Å².